The Labute approximate surface area is 99.0 Å². The third-order valence-corrected chi connectivity index (χ3v) is 4.56. The fourth-order valence-corrected chi connectivity index (χ4v) is 3.20. The summed E-state index contributed by atoms with van der Waals surface area (Å²) in [7, 11) is -3.73. The number of ether oxygens (including phenoxy) is 1. The number of hydrogen-bond donors (Lipinski definition) is 1. The lowest BCUT2D eigenvalue weighted by Gasteiger charge is -2.26. The van der Waals surface area contributed by atoms with Gasteiger partial charge in [-0.25, -0.2) is 12.8 Å². The molecule has 0 atom stereocenters. The van der Waals surface area contributed by atoms with Crippen LogP contribution in [0.3, 0.4) is 0 Å². The van der Waals surface area contributed by atoms with Gasteiger partial charge >= 0.3 is 0 Å². The van der Waals surface area contributed by atoms with E-state index in [1.807, 2.05) is 0 Å². The van der Waals surface area contributed by atoms with Crippen molar-refractivity contribution in [3.05, 3.63) is 24.0 Å². The van der Waals surface area contributed by atoms with Gasteiger partial charge < -0.3 is 10.5 Å². The highest BCUT2D eigenvalue weighted by atomic mass is 32.2. The lowest BCUT2D eigenvalue weighted by atomic mass is 10.3. The molecule has 0 radical (unpaired) electrons. The summed E-state index contributed by atoms with van der Waals surface area (Å²) >= 11 is 0. The van der Waals surface area contributed by atoms with Gasteiger partial charge in [0.15, 0.2) is 0 Å². The molecule has 1 fully saturated rings. The minimum Gasteiger partial charge on any atom is -0.395 e. The van der Waals surface area contributed by atoms with E-state index in [1.54, 1.807) is 0 Å². The summed E-state index contributed by atoms with van der Waals surface area (Å²) in [5, 5.41) is 0. The van der Waals surface area contributed by atoms with Gasteiger partial charge in [0.1, 0.15) is 10.7 Å². The average molecular weight is 260 g/mol. The molecule has 0 spiro atoms. The number of benzene rings is 1. The van der Waals surface area contributed by atoms with Crippen LogP contribution in [0.15, 0.2) is 23.1 Å². The van der Waals surface area contributed by atoms with Gasteiger partial charge in [0, 0.05) is 13.1 Å². The van der Waals surface area contributed by atoms with E-state index in [1.165, 1.54) is 16.4 Å². The van der Waals surface area contributed by atoms with Gasteiger partial charge in [-0.2, -0.15) is 4.31 Å². The lowest BCUT2D eigenvalue weighted by molar-refractivity contribution is 0.0730. The van der Waals surface area contributed by atoms with E-state index in [9.17, 15) is 12.8 Å². The molecule has 1 aromatic carbocycles. The fraction of sp³-hybridized carbons (Fsp3) is 0.400. The maximum Gasteiger partial charge on any atom is 0.245 e. The summed E-state index contributed by atoms with van der Waals surface area (Å²) in [6.07, 6.45) is 0. The Balaban J connectivity index is 2.40. The van der Waals surface area contributed by atoms with Crippen LogP contribution in [-0.2, 0) is 14.8 Å². The van der Waals surface area contributed by atoms with Crippen LogP contribution in [0.2, 0.25) is 0 Å². The second-order valence-electron chi connectivity index (χ2n) is 3.67. The van der Waals surface area contributed by atoms with Crippen LogP contribution in [0.4, 0.5) is 10.1 Å². The first-order valence-corrected chi connectivity index (χ1v) is 6.59. The molecular formula is C10H13FN2O3S. The van der Waals surface area contributed by atoms with Gasteiger partial charge in [0.25, 0.3) is 0 Å². The van der Waals surface area contributed by atoms with Crippen LogP contribution in [0.25, 0.3) is 0 Å². The number of nitrogens with zero attached hydrogens (tertiary/aromatic N) is 1. The highest BCUT2D eigenvalue weighted by Crippen LogP contribution is 2.24. The molecule has 0 aromatic heterocycles. The minimum atomic E-state index is -3.73. The smallest absolute Gasteiger partial charge is 0.245 e. The molecule has 2 N–H and O–H groups in total. The van der Waals surface area contributed by atoms with Crippen LogP contribution in [0.5, 0.6) is 0 Å². The Bertz CT molecular complexity index is 512. The van der Waals surface area contributed by atoms with Gasteiger partial charge in [-0.05, 0) is 12.1 Å². The zero-order valence-corrected chi connectivity index (χ0v) is 9.91. The molecule has 0 saturated carbocycles. The largest absolute Gasteiger partial charge is 0.395 e. The normalized spacial score (nSPS) is 18.2. The van der Waals surface area contributed by atoms with E-state index in [-0.39, 0.29) is 23.7 Å². The molecule has 1 saturated heterocycles. The maximum absolute atomic E-state index is 13.2. The monoisotopic (exact) mass is 260 g/mol. The number of morpholine rings is 1. The summed E-state index contributed by atoms with van der Waals surface area (Å²) in [5.41, 5.74) is 5.13. The highest BCUT2D eigenvalue weighted by Gasteiger charge is 2.28. The van der Waals surface area contributed by atoms with Gasteiger partial charge in [-0.15, -0.1) is 0 Å². The molecule has 0 unspecified atom stereocenters. The molecule has 2 rings (SSSR count). The molecule has 5 nitrogen and oxygen atoms in total. The van der Waals surface area contributed by atoms with Crippen LogP contribution in [-0.4, -0.2) is 39.0 Å². The standard InChI is InChI=1S/C10H13FN2O3S/c11-8-2-1-3-9(10(8)12)17(14,15)13-4-6-16-7-5-13/h1-3H,4-7,12H2. The van der Waals surface area contributed by atoms with E-state index < -0.39 is 15.8 Å². The second-order valence-corrected chi connectivity index (χ2v) is 5.57. The quantitative estimate of drug-likeness (QED) is 0.783. The van der Waals surface area contributed by atoms with Crippen molar-refractivity contribution >= 4 is 15.7 Å². The summed E-state index contributed by atoms with van der Waals surface area (Å²) < 4.78 is 43.9. The first-order chi connectivity index (χ1) is 8.03. The van der Waals surface area contributed by atoms with Crippen LogP contribution in [0.1, 0.15) is 0 Å². The van der Waals surface area contributed by atoms with Crippen LogP contribution >= 0.6 is 0 Å². The van der Waals surface area contributed by atoms with Crippen LogP contribution < -0.4 is 5.73 Å². The molecule has 1 aliphatic heterocycles. The molecule has 1 aromatic rings. The number of sulfonamides is 1. The van der Waals surface area contributed by atoms with Crippen molar-refractivity contribution in [2.24, 2.45) is 0 Å². The van der Waals surface area contributed by atoms with Crippen molar-refractivity contribution in [3.63, 3.8) is 0 Å². The minimum absolute atomic E-state index is 0.181. The first-order valence-electron chi connectivity index (χ1n) is 5.15. The van der Waals surface area contributed by atoms with E-state index in [4.69, 9.17) is 10.5 Å². The number of nitrogen functional groups attached to an aromatic ring is 1. The Morgan fingerprint density at radius 3 is 2.59 bits per heavy atom. The van der Waals surface area contributed by atoms with Crippen molar-refractivity contribution in [1.82, 2.24) is 4.31 Å². The average Bonchev–Trinajstić information content (AvgIpc) is 2.33. The fourth-order valence-electron chi connectivity index (χ4n) is 1.67. The number of rotatable bonds is 2. The molecule has 1 heterocycles. The summed E-state index contributed by atoms with van der Waals surface area (Å²) in [5.74, 6) is -0.723. The first kappa shape index (κ1) is 12.3. The van der Waals surface area contributed by atoms with Crippen molar-refractivity contribution in [1.29, 1.82) is 0 Å². The van der Waals surface area contributed by atoms with Gasteiger partial charge in [0.2, 0.25) is 10.0 Å². The van der Waals surface area contributed by atoms with Crippen LogP contribution in [0, 0.1) is 5.82 Å². The van der Waals surface area contributed by atoms with E-state index in [0.29, 0.717) is 13.2 Å². The predicted octanol–water partition coefficient (Wildman–Crippen LogP) is 0.429. The van der Waals surface area contributed by atoms with Crippen molar-refractivity contribution < 1.29 is 17.5 Å². The molecule has 94 valence electrons. The van der Waals surface area contributed by atoms with E-state index in [2.05, 4.69) is 0 Å². The molecule has 0 bridgehead atoms. The molecular weight excluding hydrogens is 247 g/mol. The molecule has 0 aliphatic carbocycles. The second kappa shape index (κ2) is 4.59. The maximum atomic E-state index is 13.2. The van der Waals surface area contributed by atoms with Crippen molar-refractivity contribution in [2.75, 3.05) is 32.0 Å². The summed E-state index contributed by atoms with van der Waals surface area (Å²) in [6.45, 7) is 1.21. The number of halogens is 1. The van der Waals surface area contributed by atoms with E-state index in [0.717, 1.165) is 6.07 Å². The third-order valence-electron chi connectivity index (χ3n) is 2.60. The topological polar surface area (TPSA) is 72.6 Å². The Kier molecular flexibility index (Phi) is 3.32. The lowest BCUT2D eigenvalue weighted by Crippen LogP contribution is -2.40. The molecule has 7 heteroatoms. The van der Waals surface area contributed by atoms with Crippen molar-refractivity contribution in [3.8, 4) is 0 Å². The molecule has 17 heavy (non-hydrogen) atoms. The molecule has 0 amide bonds. The number of para-hydroxylation sites is 1. The molecule has 1 aliphatic rings. The number of anilines is 1. The Morgan fingerprint density at radius 2 is 1.94 bits per heavy atom. The highest BCUT2D eigenvalue weighted by molar-refractivity contribution is 7.89. The Hall–Kier alpha value is -1.18. The zero-order chi connectivity index (χ0) is 12.5. The van der Waals surface area contributed by atoms with E-state index >= 15 is 0 Å². The van der Waals surface area contributed by atoms with Gasteiger partial charge in [-0.1, -0.05) is 6.07 Å². The van der Waals surface area contributed by atoms with Gasteiger partial charge in [-0.3, -0.25) is 0 Å². The Morgan fingerprint density at radius 1 is 1.29 bits per heavy atom. The number of hydrogen-bond acceptors (Lipinski definition) is 4. The van der Waals surface area contributed by atoms with Crippen molar-refractivity contribution in [2.45, 2.75) is 4.90 Å². The van der Waals surface area contributed by atoms with Gasteiger partial charge in [0.05, 0.1) is 18.9 Å². The predicted molar refractivity (Wildman–Crippen MR) is 60.4 cm³/mol. The number of nitrogens with two attached hydrogens (primary N) is 1. The summed E-state index contributed by atoms with van der Waals surface area (Å²) in [6, 6.07) is 3.77. The SMILES string of the molecule is Nc1c(F)cccc1S(=O)(=O)N1CCOCC1. The third kappa shape index (κ3) is 2.26. The summed E-state index contributed by atoms with van der Waals surface area (Å²) in [4.78, 5) is -0.181. The zero-order valence-electron chi connectivity index (χ0n) is 9.10.